The zero-order valence-electron chi connectivity index (χ0n) is 9.89. The van der Waals surface area contributed by atoms with Crippen LogP contribution in [0.5, 0.6) is 0 Å². The Morgan fingerprint density at radius 2 is 1.43 bits per heavy atom. The standard InChI is InChI=1S/C13H19B/c1-12(2,3)10-7-6-8-11(9-10)13(4,5)14/h6-9H,1-5H3. The lowest BCUT2D eigenvalue weighted by Crippen LogP contribution is -2.19. The topological polar surface area (TPSA) is 0 Å². The Kier molecular flexibility index (Phi) is 2.80. The van der Waals surface area contributed by atoms with E-state index in [9.17, 15) is 0 Å². The lowest BCUT2D eigenvalue weighted by molar-refractivity contribution is 0.587. The van der Waals surface area contributed by atoms with Crippen molar-refractivity contribution in [1.29, 1.82) is 0 Å². The fourth-order valence-corrected chi connectivity index (χ4v) is 1.39. The number of hydrogen-bond donors (Lipinski definition) is 0. The lowest BCUT2D eigenvalue weighted by atomic mass is 9.66. The Morgan fingerprint density at radius 3 is 1.86 bits per heavy atom. The van der Waals surface area contributed by atoms with Gasteiger partial charge in [0, 0.05) is 0 Å². The van der Waals surface area contributed by atoms with Crippen LogP contribution in [0.2, 0.25) is 0 Å². The predicted molar refractivity (Wildman–Crippen MR) is 63.9 cm³/mol. The molecule has 14 heavy (non-hydrogen) atoms. The Balaban J connectivity index is 3.15. The zero-order chi connectivity index (χ0) is 11.0. The van der Waals surface area contributed by atoms with E-state index >= 15 is 0 Å². The first kappa shape index (κ1) is 11.4. The third kappa shape index (κ3) is 2.63. The second-order valence-electron chi connectivity index (χ2n) is 5.55. The number of rotatable bonds is 1. The highest BCUT2D eigenvalue weighted by molar-refractivity contribution is 6.15. The molecular formula is C13H19B. The molecule has 1 rings (SSSR count). The van der Waals surface area contributed by atoms with E-state index in [0.717, 1.165) is 0 Å². The summed E-state index contributed by atoms with van der Waals surface area (Å²) >= 11 is 0. The van der Waals surface area contributed by atoms with Gasteiger partial charge in [-0.05, 0) is 16.3 Å². The minimum absolute atomic E-state index is 0.196. The molecule has 0 unspecified atom stereocenters. The van der Waals surface area contributed by atoms with Gasteiger partial charge in [0.15, 0.2) is 0 Å². The summed E-state index contributed by atoms with van der Waals surface area (Å²) in [5.41, 5.74) is 2.74. The van der Waals surface area contributed by atoms with Crippen molar-refractivity contribution in [2.75, 3.05) is 0 Å². The normalized spacial score (nSPS) is 12.9. The molecule has 0 saturated carbocycles. The van der Waals surface area contributed by atoms with Crippen LogP contribution < -0.4 is 0 Å². The largest absolute Gasteiger partial charge is 0.0802 e. The molecule has 0 aliphatic rings. The van der Waals surface area contributed by atoms with Crippen LogP contribution in [0.3, 0.4) is 0 Å². The van der Waals surface area contributed by atoms with Gasteiger partial charge in [-0.15, -0.1) is 0 Å². The minimum Gasteiger partial charge on any atom is -0.0639 e. The SMILES string of the molecule is [B]C(C)(C)c1cccc(C(C)(C)C)c1. The fourth-order valence-electron chi connectivity index (χ4n) is 1.39. The van der Waals surface area contributed by atoms with Crippen molar-refractivity contribution in [3.05, 3.63) is 35.4 Å². The van der Waals surface area contributed by atoms with Crippen LogP contribution in [0.4, 0.5) is 0 Å². The van der Waals surface area contributed by atoms with Gasteiger partial charge in [-0.2, -0.15) is 0 Å². The highest BCUT2D eigenvalue weighted by Crippen LogP contribution is 2.26. The maximum atomic E-state index is 6.07. The van der Waals surface area contributed by atoms with E-state index in [0.29, 0.717) is 0 Å². The molecule has 0 saturated heterocycles. The molecule has 2 radical (unpaired) electrons. The Hall–Kier alpha value is -0.715. The lowest BCUT2D eigenvalue weighted by Gasteiger charge is -2.24. The van der Waals surface area contributed by atoms with Crippen LogP contribution in [0.15, 0.2) is 24.3 Å². The van der Waals surface area contributed by atoms with Gasteiger partial charge in [-0.1, -0.05) is 64.4 Å². The third-order valence-corrected chi connectivity index (χ3v) is 2.47. The van der Waals surface area contributed by atoms with Gasteiger partial charge < -0.3 is 0 Å². The molecule has 1 aromatic carbocycles. The molecule has 0 N–H and O–H groups in total. The second-order valence-corrected chi connectivity index (χ2v) is 5.55. The maximum Gasteiger partial charge on any atom is 0.0802 e. The summed E-state index contributed by atoms with van der Waals surface area (Å²) in [6.45, 7) is 10.7. The molecule has 0 bridgehead atoms. The molecule has 0 aromatic heterocycles. The van der Waals surface area contributed by atoms with Gasteiger partial charge in [0.05, 0.1) is 7.85 Å². The highest BCUT2D eigenvalue weighted by atomic mass is 14.2. The van der Waals surface area contributed by atoms with Gasteiger partial charge in [0.25, 0.3) is 0 Å². The first-order valence-electron chi connectivity index (χ1n) is 5.11. The van der Waals surface area contributed by atoms with E-state index in [-0.39, 0.29) is 10.7 Å². The number of hydrogen-bond acceptors (Lipinski definition) is 0. The molecule has 74 valence electrons. The first-order valence-corrected chi connectivity index (χ1v) is 5.11. The Labute approximate surface area is 89.1 Å². The third-order valence-electron chi connectivity index (χ3n) is 2.47. The van der Waals surface area contributed by atoms with Crippen LogP contribution in [0.1, 0.15) is 45.7 Å². The highest BCUT2D eigenvalue weighted by Gasteiger charge is 2.17. The molecule has 0 aliphatic heterocycles. The minimum atomic E-state index is -0.249. The summed E-state index contributed by atoms with van der Waals surface area (Å²) in [6.07, 6.45) is 0. The van der Waals surface area contributed by atoms with Crippen molar-refractivity contribution in [1.82, 2.24) is 0 Å². The predicted octanol–water partition coefficient (Wildman–Crippen LogP) is 3.39. The molecule has 0 spiro atoms. The van der Waals surface area contributed by atoms with E-state index in [2.05, 4.69) is 45.0 Å². The molecule has 0 nitrogen and oxygen atoms in total. The summed E-state index contributed by atoms with van der Waals surface area (Å²) in [7, 11) is 6.07. The monoisotopic (exact) mass is 186 g/mol. The summed E-state index contributed by atoms with van der Waals surface area (Å²) in [4.78, 5) is 0. The van der Waals surface area contributed by atoms with Gasteiger partial charge in [-0.3, -0.25) is 0 Å². The van der Waals surface area contributed by atoms with E-state index in [1.807, 2.05) is 13.8 Å². The van der Waals surface area contributed by atoms with E-state index in [4.69, 9.17) is 7.85 Å². The molecule has 0 fully saturated rings. The van der Waals surface area contributed by atoms with Crippen molar-refractivity contribution >= 4 is 7.85 Å². The molecule has 0 amide bonds. The zero-order valence-corrected chi connectivity index (χ0v) is 9.89. The Bertz CT molecular complexity index is 283. The van der Waals surface area contributed by atoms with Crippen LogP contribution in [-0.2, 0) is 10.7 Å². The van der Waals surface area contributed by atoms with Crippen molar-refractivity contribution < 1.29 is 0 Å². The van der Waals surface area contributed by atoms with Crippen LogP contribution in [0.25, 0.3) is 0 Å². The van der Waals surface area contributed by atoms with E-state index in [1.165, 1.54) is 11.1 Å². The summed E-state index contributed by atoms with van der Waals surface area (Å²) in [6, 6.07) is 8.55. The van der Waals surface area contributed by atoms with Gasteiger partial charge >= 0.3 is 0 Å². The fraction of sp³-hybridized carbons (Fsp3) is 0.538. The van der Waals surface area contributed by atoms with Gasteiger partial charge in [-0.25, -0.2) is 0 Å². The average molecular weight is 186 g/mol. The quantitative estimate of drug-likeness (QED) is 0.589. The second kappa shape index (κ2) is 3.45. The molecular weight excluding hydrogens is 167 g/mol. The summed E-state index contributed by atoms with van der Waals surface area (Å²) in [5, 5.41) is -0.249. The van der Waals surface area contributed by atoms with Crippen LogP contribution in [0, 0.1) is 0 Å². The van der Waals surface area contributed by atoms with Crippen molar-refractivity contribution in [2.24, 2.45) is 0 Å². The van der Waals surface area contributed by atoms with E-state index < -0.39 is 0 Å². The smallest absolute Gasteiger partial charge is 0.0639 e. The van der Waals surface area contributed by atoms with Crippen LogP contribution >= 0.6 is 0 Å². The van der Waals surface area contributed by atoms with Crippen molar-refractivity contribution in [3.8, 4) is 0 Å². The molecule has 0 atom stereocenters. The van der Waals surface area contributed by atoms with Gasteiger partial charge in [0.2, 0.25) is 0 Å². The van der Waals surface area contributed by atoms with Crippen molar-refractivity contribution in [2.45, 2.75) is 45.3 Å². The maximum absolute atomic E-state index is 6.07. The van der Waals surface area contributed by atoms with Crippen LogP contribution in [-0.4, -0.2) is 7.85 Å². The molecule has 0 heterocycles. The molecule has 0 aliphatic carbocycles. The Morgan fingerprint density at radius 1 is 0.929 bits per heavy atom. The van der Waals surface area contributed by atoms with E-state index in [1.54, 1.807) is 0 Å². The molecule has 1 aromatic rings. The summed E-state index contributed by atoms with van der Waals surface area (Å²) < 4.78 is 0. The van der Waals surface area contributed by atoms with Crippen molar-refractivity contribution in [3.63, 3.8) is 0 Å². The van der Waals surface area contributed by atoms with Gasteiger partial charge in [0.1, 0.15) is 0 Å². The first-order chi connectivity index (χ1) is 6.21. The summed E-state index contributed by atoms with van der Waals surface area (Å²) in [5.74, 6) is 0. The average Bonchev–Trinajstić information content (AvgIpc) is 2.01. The number of benzene rings is 1. The molecule has 1 heteroatoms.